The second-order valence-electron chi connectivity index (χ2n) is 8.51. The molecule has 3 heterocycles. The molecular formula is C26H29N3O5. The number of amides is 1. The Bertz CT molecular complexity index is 1350. The Morgan fingerprint density at radius 3 is 2.35 bits per heavy atom. The maximum absolute atomic E-state index is 13.4. The maximum atomic E-state index is 13.4. The van der Waals surface area contributed by atoms with Gasteiger partial charge in [0.25, 0.3) is 5.91 Å². The molecular weight excluding hydrogens is 434 g/mol. The van der Waals surface area contributed by atoms with Gasteiger partial charge >= 0.3 is 0 Å². The zero-order valence-corrected chi connectivity index (χ0v) is 19.9. The van der Waals surface area contributed by atoms with E-state index in [1.807, 2.05) is 23.1 Å². The average molecular weight is 464 g/mol. The lowest BCUT2D eigenvalue weighted by Crippen LogP contribution is -2.38. The van der Waals surface area contributed by atoms with Gasteiger partial charge in [-0.15, -0.1) is 0 Å². The first-order valence-electron chi connectivity index (χ1n) is 11.3. The topological polar surface area (TPSA) is 88.8 Å². The molecule has 0 radical (unpaired) electrons. The van der Waals surface area contributed by atoms with Gasteiger partial charge in [0.2, 0.25) is 0 Å². The van der Waals surface area contributed by atoms with E-state index in [4.69, 9.17) is 18.9 Å². The fourth-order valence-electron chi connectivity index (χ4n) is 5.00. The molecule has 2 aromatic heterocycles. The number of piperidine rings is 1. The van der Waals surface area contributed by atoms with Gasteiger partial charge in [-0.05, 0) is 48.6 Å². The van der Waals surface area contributed by atoms with Gasteiger partial charge in [0.05, 0.1) is 34.0 Å². The summed E-state index contributed by atoms with van der Waals surface area (Å²) in [5.41, 5.74) is 3.58. The number of hydrogen-bond donors (Lipinski definition) is 2. The van der Waals surface area contributed by atoms with Crippen LogP contribution in [0.4, 0.5) is 0 Å². The predicted molar refractivity (Wildman–Crippen MR) is 131 cm³/mol. The number of benzene rings is 2. The van der Waals surface area contributed by atoms with Crippen LogP contribution < -0.4 is 18.9 Å². The molecule has 8 nitrogen and oxygen atoms in total. The molecule has 5 rings (SSSR count). The number of ether oxygens (including phenoxy) is 4. The molecule has 4 aromatic rings. The first-order valence-corrected chi connectivity index (χ1v) is 11.3. The van der Waals surface area contributed by atoms with Crippen LogP contribution in [-0.2, 0) is 0 Å². The Balaban J connectivity index is 1.37. The summed E-state index contributed by atoms with van der Waals surface area (Å²) in [5, 5.41) is 1.97. The van der Waals surface area contributed by atoms with Crippen molar-refractivity contribution >= 4 is 27.7 Å². The molecule has 0 unspecified atom stereocenters. The Morgan fingerprint density at radius 1 is 0.912 bits per heavy atom. The quantitative estimate of drug-likeness (QED) is 0.433. The van der Waals surface area contributed by atoms with Gasteiger partial charge in [-0.3, -0.25) is 4.79 Å². The lowest BCUT2D eigenvalue weighted by Gasteiger charge is -2.31. The number of likely N-dealkylation sites (tertiary alicyclic amines) is 1. The summed E-state index contributed by atoms with van der Waals surface area (Å²) in [6.45, 7) is 1.38. The van der Waals surface area contributed by atoms with Crippen LogP contribution in [0.1, 0.15) is 34.8 Å². The van der Waals surface area contributed by atoms with E-state index in [0.29, 0.717) is 47.5 Å². The van der Waals surface area contributed by atoms with Crippen LogP contribution in [0, 0.1) is 0 Å². The van der Waals surface area contributed by atoms with Crippen molar-refractivity contribution in [3.8, 4) is 23.0 Å². The van der Waals surface area contributed by atoms with Crippen molar-refractivity contribution in [2.75, 3.05) is 41.5 Å². The number of fused-ring (bicyclic) bond motifs is 2. The number of aromatic amines is 2. The Hall–Kier alpha value is -3.81. The number of hydrogen-bond acceptors (Lipinski definition) is 5. The van der Waals surface area contributed by atoms with Gasteiger partial charge in [0.15, 0.2) is 11.5 Å². The highest BCUT2D eigenvalue weighted by atomic mass is 16.5. The van der Waals surface area contributed by atoms with Crippen molar-refractivity contribution in [1.82, 2.24) is 14.9 Å². The normalized spacial score (nSPS) is 14.5. The maximum Gasteiger partial charge on any atom is 0.270 e. The number of nitrogens with one attached hydrogen (secondary N) is 2. The first kappa shape index (κ1) is 22.0. The van der Waals surface area contributed by atoms with Gasteiger partial charge in [0, 0.05) is 41.6 Å². The zero-order valence-electron chi connectivity index (χ0n) is 19.9. The van der Waals surface area contributed by atoms with Crippen molar-refractivity contribution in [1.29, 1.82) is 0 Å². The van der Waals surface area contributed by atoms with Gasteiger partial charge < -0.3 is 33.8 Å². The minimum Gasteiger partial charge on any atom is -0.497 e. The highest BCUT2D eigenvalue weighted by Gasteiger charge is 2.28. The third kappa shape index (κ3) is 3.59. The summed E-state index contributed by atoms with van der Waals surface area (Å²) < 4.78 is 21.9. The molecule has 34 heavy (non-hydrogen) atoms. The van der Waals surface area contributed by atoms with Gasteiger partial charge in [-0.25, -0.2) is 0 Å². The molecule has 0 aliphatic carbocycles. The number of carbonyl (C=O) groups is 1. The monoisotopic (exact) mass is 463 g/mol. The number of H-pyrrole nitrogens is 2. The van der Waals surface area contributed by atoms with E-state index in [2.05, 4.69) is 22.2 Å². The van der Waals surface area contributed by atoms with E-state index in [1.165, 1.54) is 10.9 Å². The zero-order chi connectivity index (χ0) is 23.8. The van der Waals surface area contributed by atoms with Crippen LogP contribution in [0.2, 0.25) is 0 Å². The summed E-state index contributed by atoms with van der Waals surface area (Å²) in [5.74, 6) is 2.92. The van der Waals surface area contributed by atoms with Crippen LogP contribution in [0.5, 0.6) is 23.0 Å². The van der Waals surface area contributed by atoms with Crippen LogP contribution in [0.25, 0.3) is 21.8 Å². The summed E-state index contributed by atoms with van der Waals surface area (Å²) in [6, 6.07) is 9.69. The van der Waals surface area contributed by atoms with E-state index >= 15 is 0 Å². The standard InChI is InChI=1S/C26H29N3O5/c1-31-16-5-6-20-17(11-16)19(14-27-20)15-7-9-29(10-8-15)26(30)21-12-18-22(32-2)13-23(33-3)25(34-4)24(18)28-21/h5-6,11-15,27-28H,7-10H2,1-4H3. The number of nitrogens with zero attached hydrogens (tertiary/aromatic N) is 1. The molecule has 1 aliphatic rings. The van der Waals surface area contributed by atoms with Gasteiger partial charge in [-0.2, -0.15) is 0 Å². The number of aromatic nitrogens is 2. The molecule has 1 fully saturated rings. The summed E-state index contributed by atoms with van der Waals surface area (Å²) in [7, 11) is 6.44. The van der Waals surface area contributed by atoms with Crippen molar-refractivity contribution in [2.45, 2.75) is 18.8 Å². The molecule has 0 saturated carbocycles. The largest absolute Gasteiger partial charge is 0.497 e. The minimum atomic E-state index is -0.0293. The van der Waals surface area contributed by atoms with E-state index < -0.39 is 0 Å². The fourth-order valence-corrected chi connectivity index (χ4v) is 5.00. The highest BCUT2D eigenvalue weighted by molar-refractivity contribution is 6.02. The molecule has 2 aromatic carbocycles. The second-order valence-corrected chi connectivity index (χ2v) is 8.51. The Kier molecular flexibility index (Phi) is 5.73. The predicted octanol–water partition coefficient (Wildman–Crippen LogP) is 4.70. The lowest BCUT2D eigenvalue weighted by molar-refractivity contribution is 0.0708. The third-order valence-corrected chi connectivity index (χ3v) is 6.81. The fraction of sp³-hybridized carbons (Fsp3) is 0.346. The van der Waals surface area contributed by atoms with E-state index in [-0.39, 0.29) is 5.91 Å². The minimum absolute atomic E-state index is 0.0293. The number of carbonyl (C=O) groups excluding carboxylic acids is 1. The molecule has 0 bridgehead atoms. The van der Waals surface area contributed by atoms with E-state index in [1.54, 1.807) is 34.5 Å². The van der Waals surface area contributed by atoms with Gasteiger partial charge in [0.1, 0.15) is 17.2 Å². The summed E-state index contributed by atoms with van der Waals surface area (Å²) >= 11 is 0. The van der Waals surface area contributed by atoms with E-state index in [0.717, 1.165) is 29.5 Å². The lowest BCUT2D eigenvalue weighted by atomic mass is 9.89. The molecule has 2 N–H and O–H groups in total. The molecule has 0 spiro atoms. The summed E-state index contributed by atoms with van der Waals surface area (Å²) in [4.78, 5) is 21.9. The molecule has 1 amide bonds. The summed E-state index contributed by atoms with van der Waals surface area (Å²) in [6.07, 6.45) is 3.89. The number of rotatable bonds is 6. The molecule has 1 saturated heterocycles. The smallest absolute Gasteiger partial charge is 0.270 e. The van der Waals surface area contributed by atoms with Crippen LogP contribution in [-0.4, -0.2) is 62.3 Å². The third-order valence-electron chi connectivity index (χ3n) is 6.81. The van der Waals surface area contributed by atoms with Crippen LogP contribution in [0.3, 0.4) is 0 Å². The second kappa shape index (κ2) is 8.85. The van der Waals surface area contributed by atoms with Crippen molar-refractivity contribution in [3.05, 3.63) is 47.8 Å². The van der Waals surface area contributed by atoms with Crippen LogP contribution in [0.15, 0.2) is 36.5 Å². The average Bonchev–Trinajstić information content (AvgIpc) is 3.51. The van der Waals surface area contributed by atoms with Crippen LogP contribution >= 0.6 is 0 Å². The Morgan fingerprint density at radius 2 is 1.68 bits per heavy atom. The molecule has 0 atom stereocenters. The number of methoxy groups -OCH3 is 4. The molecule has 1 aliphatic heterocycles. The van der Waals surface area contributed by atoms with Crippen molar-refractivity contribution < 1.29 is 23.7 Å². The van der Waals surface area contributed by atoms with Gasteiger partial charge in [-0.1, -0.05) is 0 Å². The first-order chi connectivity index (χ1) is 16.6. The van der Waals surface area contributed by atoms with E-state index in [9.17, 15) is 4.79 Å². The van der Waals surface area contributed by atoms with Crippen molar-refractivity contribution in [3.63, 3.8) is 0 Å². The molecule has 8 heteroatoms. The SMILES string of the molecule is COc1ccc2[nH]cc(C3CCN(C(=O)c4cc5c(OC)cc(OC)c(OC)c5[nH]4)CC3)c2c1. The Labute approximate surface area is 197 Å². The highest BCUT2D eigenvalue weighted by Crippen LogP contribution is 2.42. The molecule has 178 valence electrons. The van der Waals surface area contributed by atoms with Crippen molar-refractivity contribution in [2.24, 2.45) is 0 Å².